The molecule has 8 nitrogen and oxygen atoms in total. The van der Waals surface area contributed by atoms with Crippen LogP contribution in [-0.2, 0) is 27.8 Å². The van der Waals surface area contributed by atoms with Crippen LogP contribution < -0.4 is 5.32 Å². The van der Waals surface area contributed by atoms with Gasteiger partial charge in [-0.25, -0.2) is 13.4 Å². The Balaban J connectivity index is 1.31. The van der Waals surface area contributed by atoms with Crippen molar-refractivity contribution in [1.29, 1.82) is 5.26 Å². The van der Waals surface area contributed by atoms with Crippen molar-refractivity contribution in [3.8, 4) is 6.07 Å². The maximum absolute atomic E-state index is 13.0. The SMILES string of the molecule is N#Cc1ccc(Cn2cncc2CCNC(=O)[C@H]2CCCN(S(=O)(=O)c3cccc(Cl)c3)C2)cc1. The Bertz CT molecular complexity index is 1330. The lowest BCUT2D eigenvalue weighted by atomic mass is 9.99. The van der Waals surface area contributed by atoms with Gasteiger partial charge < -0.3 is 9.88 Å². The zero-order chi connectivity index (χ0) is 24.8. The van der Waals surface area contributed by atoms with Gasteiger partial charge in [0, 0.05) is 49.5 Å². The first-order valence-corrected chi connectivity index (χ1v) is 13.2. The topological polar surface area (TPSA) is 108 Å². The second-order valence-electron chi connectivity index (χ2n) is 8.52. The third-order valence-electron chi connectivity index (χ3n) is 6.10. The number of nitriles is 1. The lowest BCUT2D eigenvalue weighted by Crippen LogP contribution is -2.45. The Labute approximate surface area is 210 Å². The lowest BCUT2D eigenvalue weighted by Gasteiger charge is -2.31. The standard InChI is InChI=1S/C25H26ClN5O3S/c26-22-4-1-5-24(13-22)35(33,34)31-12-2-3-21(17-31)25(32)29-11-10-23-15-28-18-30(23)16-20-8-6-19(14-27)7-9-20/h1,4-9,13,15,18,21H,2-3,10-12,16-17H2,(H,29,32)/t21-/m0/s1. The van der Waals surface area contributed by atoms with Crippen molar-refractivity contribution in [2.45, 2.75) is 30.7 Å². The van der Waals surface area contributed by atoms with Crippen LogP contribution >= 0.6 is 11.6 Å². The van der Waals surface area contributed by atoms with E-state index in [-0.39, 0.29) is 17.3 Å². The number of carbonyl (C=O) groups excluding carboxylic acids is 1. The summed E-state index contributed by atoms with van der Waals surface area (Å²) >= 11 is 5.97. The van der Waals surface area contributed by atoms with Crippen LogP contribution in [0, 0.1) is 17.2 Å². The molecular formula is C25H26ClN5O3S. The quantitative estimate of drug-likeness (QED) is 0.499. The molecule has 0 aliphatic carbocycles. The zero-order valence-electron chi connectivity index (χ0n) is 19.1. The van der Waals surface area contributed by atoms with E-state index in [2.05, 4.69) is 16.4 Å². The average molecular weight is 512 g/mol. The van der Waals surface area contributed by atoms with Gasteiger partial charge in [0.25, 0.3) is 0 Å². The van der Waals surface area contributed by atoms with Crippen molar-refractivity contribution in [2.24, 2.45) is 5.92 Å². The van der Waals surface area contributed by atoms with Gasteiger partial charge in [0.15, 0.2) is 0 Å². The molecule has 1 aliphatic heterocycles. The highest BCUT2D eigenvalue weighted by Crippen LogP contribution is 2.25. The summed E-state index contributed by atoms with van der Waals surface area (Å²) in [6, 6.07) is 15.7. The van der Waals surface area contributed by atoms with Crippen LogP contribution in [0.2, 0.25) is 5.02 Å². The van der Waals surface area contributed by atoms with Gasteiger partial charge in [0.2, 0.25) is 15.9 Å². The molecular weight excluding hydrogens is 486 g/mol. The maximum atomic E-state index is 13.0. The smallest absolute Gasteiger partial charge is 0.243 e. The number of nitrogens with zero attached hydrogens (tertiary/aromatic N) is 4. The fourth-order valence-electron chi connectivity index (χ4n) is 4.19. The van der Waals surface area contributed by atoms with E-state index in [4.69, 9.17) is 16.9 Å². The van der Waals surface area contributed by atoms with Gasteiger partial charge in [0.1, 0.15) is 0 Å². The Morgan fingerprint density at radius 1 is 1.23 bits per heavy atom. The van der Waals surface area contributed by atoms with Crippen LogP contribution in [0.25, 0.3) is 0 Å². The molecule has 2 aromatic carbocycles. The largest absolute Gasteiger partial charge is 0.355 e. The van der Waals surface area contributed by atoms with Crippen molar-refractivity contribution in [1.82, 2.24) is 19.2 Å². The molecule has 0 spiro atoms. The van der Waals surface area contributed by atoms with Crippen LogP contribution in [0.1, 0.15) is 29.7 Å². The van der Waals surface area contributed by atoms with E-state index in [1.54, 1.807) is 36.8 Å². The van der Waals surface area contributed by atoms with Crippen molar-refractivity contribution in [2.75, 3.05) is 19.6 Å². The second-order valence-corrected chi connectivity index (χ2v) is 10.9. The van der Waals surface area contributed by atoms with E-state index < -0.39 is 15.9 Å². The predicted molar refractivity (Wildman–Crippen MR) is 132 cm³/mol. The Kier molecular flexibility index (Phi) is 7.86. The lowest BCUT2D eigenvalue weighted by molar-refractivity contribution is -0.126. The number of aromatic nitrogens is 2. The molecule has 4 rings (SSSR count). The van der Waals surface area contributed by atoms with E-state index in [0.717, 1.165) is 11.3 Å². The molecule has 0 bridgehead atoms. The van der Waals surface area contributed by atoms with Crippen LogP contribution in [0.5, 0.6) is 0 Å². The molecule has 10 heteroatoms. The van der Waals surface area contributed by atoms with E-state index in [1.807, 2.05) is 16.7 Å². The Morgan fingerprint density at radius 3 is 2.77 bits per heavy atom. The number of hydrogen-bond acceptors (Lipinski definition) is 5. The van der Waals surface area contributed by atoms with E-state index in [1.165, 1.54) is 16.4 Å². The zero-order valence-corrected chi connectivity index (χ0v) is 20.7. The number of halogens is 1. The summed E-state index contributed by atoms with van der Waals surface area (Å²) in [6.45, 7) is 1.58. The molecule has 182 valence electrons. The van der Waals surface area contributed by atoms with Gasteiger partial charge in [-0.15, -0.1) is 0 Å². The maximum Gasteiger partial charge on any atom is 0.243 e. The number of hydrogen-bond donors (Lipinski definition) is 1. The van der Waals surface area contributed by atoms with Crippen molar-refractivity contribution in [3.63, 3.8) is 0 Å². The molecule has 1 atom stereocenters. The molecule has 35 heavy (non-hydrogen) atoms. The van der Waals surface area contributed by atoms with Gasteiger partial charge in [0.05, 0.1) is 28.8 Å². The highest BCUT2D eigenvalue weighted by Gasteiger charge is 2.33. The molecule has 1 aliphatic rings. The fourth-order valence-corrected chi connectivity index (χ4v) is 6.01. The monoisotopic (exact) mass is 511 g/mol. The number of sulfonamides is 1. The van der Waals surface area contributed by atoms with Crippen LogP contribution in [0.3, 0.4) is 0 Å². The van der Waals surface area contributed by atoms with Crippen LogP contribution in [0.15, 0.2) is 66.0 Å². The Morgan fingerprint density at radius 2 is 2.03 bits per heavy atom. The predicted octanol–water partition coefficient (Wildman–Crippen LogP) is 3.22. The highest BCUT2D eigenvalue weighted by atomic mass is 35.5. The van der Waals surface area contributed by atoms with Gasteiger partial charge in [-0.2, -0.15) is 9.57 Å². The molecule has 2 heterocycles. The molecule has 1 fully saturated rings. The van der Waals surface area contributed by atoms with Crippen molar-refractivity contribution < 1.29 is 13.2 Å². The number of benzene rings is 2. The summed E-state index contributed by atoms with van der Waals surface area (Å²) < 4.78 is 29.4. The number of nitrogens with one attached hydrogen (secondary N) is 1. The third-order valence-corrected chi connectivity index (χ3v) is 8.20. The third kappa shape index (κ3) is 6.09. The molecule has 0 unspecified atom stereocenters. The summed E-state index contributed by atoms with van der Waals surface area (Å²) in [4.78, 5) is 17.2. The van der Waals surface area contributed by atoms with Gasteiger partial charge in [-0.1, -0.05) is 29.8 Å². The normalized spacial score (nSPS) is 16.5. The molecule has 1 N–H and O–H groups in total. The van der Waals surface area contributed by atoms with Gasteiger partial charge in [-0.3, -0.25) is 4.79 Å². The molecule has 1 saturated heterocycles. The summed E-state index contributed by atoms with van der Waals surface area (Å²) in [5.74, 6) is -0.546. The van der Waals surface area contributed by atoms with Gasteiger partial charge in [-0.05, 0) is 48.7 Å². The number of imidazole rings is 1. The minimum Gasteiger partial charge on any atom is -0.355 e. The van der Waals surface area contributed by atoms with Crippen LogP contribution in [0.4, 0.5) is 0 Å². The summed E-state index contributed by atoms with van der Waals surface area (Å²) in [7, 11) is -3.71. The van der Waals surface area contributed by atoms with Crippen LogP contribution in [-0.4, -0.2) is 47.8 Å². The van der Waals surface area contributed by atoms with Crippen molar-refractivity contribution >= 4 is 27.5 Å². The fraction of sp³-hybridized carbons (Fsp3) is 0.320. The van der Waals surface area contributed by atoms with E-state index in [9.17, 15) is 13.2 Å². The average Bonchev–Trinajstić information content (AvgIpc) is 3.31. The van der Waals surface area contributed by atoms with Crippen molar-refractivity contribution in [3.05, 3.63) is 82.9 Å². The minimum atomic E-state index is -3.71. The number of amides is 1. The number of rotatable bonds is 8. The summed E-state index contributed by atoms with van der Waals surface area (Å²) in [5, 5.41) is 12.3. The summed E-state index contributed by atoms with van der Waals surface area (Å²) in [6.07, 6.45) is 5.38. The molecule has 1 aromatic heterocycles. The number of piperidine rings is 1. The first kappa shape index (κ1) is 24.9. The molecule has 0 saturated carbocycles. The molecule has 1 amide bonds. The molecule has 0 radical (unpaired) electrons. The number of carbonyl (C=O) groups is 1. The minimum absolute atomic E-state index is 0.140. The first-order chi connectivity index (χ1) is 16.9. The van der Waals surface area contributed by atoms with E-state index >= 15 is 0 Å². The first-order valence-electron chi connectivity index (χ1n) is 11.4. The van der Waals surface area contributed by atoms with Gasteiger partial charge >= 0.3 is 0 Å². The second kappa shape index (κ2) is 11.0. The van der Waals surface area contributed by atoms with E-state index in [0.29, 0.717) is 49.5 Å². The summed E-state index contributed by atoms with van der Waals surface area (Å²) in [5.41, 5.74) is 2.64. The molecule has 3 aromatic rings. The Hall–Kier alpha value is -3.19. The highest BCUT2D eigenvalue weighted by molar-refractivity contribution is 7.89.